The van der Waals surface area contributed by atoms with Gasteiger partial charge in [0.15, 0.2) is 11.6 Å². The molecule has 266 valence electrons. The number of furan rings is 1. The van der Waals surface area contributed by atoms with E-state index < -0.39 is 5.41 Å². The molecule has 57 heavy (non-hydrogen) atoms. The highest BCUT2D eigenvalue weighted by molar-refractivity contribution is 6.30. The van der Waals surface area contributed by atoms with Crippen LogP contribution in [0.25, 0.3) is 83.6 Å². The topological polar surface area (TPSA) is 56.7 Å². The summed E-state index contributed by atoms with van der Waals surface area (Å²) in [6.07, 6.45) is 0. The van der Waals surface area contributed by atoms with E-state index in [0.717, 1.165) is 60.4 Å². The lowest BCUT2D eigenvalue weighted by atomic mass is 9.66. The molecule has 5 heteroatoms. The average molecular weight is 729 g/mol. The molecule has 1 aliphatic rings. The molecule has 0 atom stereocenters. The Bertz CT molecular complexity index is 3240. The molecule has 0 unspecified atom stereocenters. The van der Waals surface area contributed by atoms with Crippen molar-refractivity contribution >= 4 is 43.7 Å². The molecule has 0 fully saturated rings. The molecule has 0 aliphatic heterocycles. The number of nitrogens with zero attached hydrogens (tertiary/aromatic N) is 4. The van der Waals surface area contributed by atoms with E-state index in [9.17, 15) is 0 Å². The molecule has 0 radical (unpaired) electrons. The Morgan fingerprint density at radius 1 is 0.456 bits per heavy atom. The zero-order valence-corrected chi connectivity index (χ0v) is 30.7. The molecular weight excluding hydrogens is 697 g/mol. The minimum absolute atomic E-state index is 0.543. The lowest BCUT2D eigenvalue weighted by molar-refractivity contribution is 0.669. The van der Waals surface area contributed by atoms with Gasteiger partial charge in [0.1, 0.15) is 11.2 Å². The Balaban J connectivity index is 1.34. The van der Waals surface area contributed by atoms with Crippen molar-refractivity contribution in [3.63, 3.8) is 0 Å². The van der Waals surface area contributed by atoms with Crippen LogP contribution in [0.1, 0.15) is 22.3 Å². The van der Waals surface area contributed by atoms with Crippen molar-refractivity contribution in [3.05, 3.63) is 216 Å². The fourth-order valence-electron chi connectivity index (χ4n) is 9.47. The van der Waals surface area contributed by atoms with Crippen molar-refractivity contribution < 1.29 is 4.42 Å². The fraction of sp³-hybridized carbons (Fsp3) is 0.0192. The first-order chi connectivity index (χ1) is 28.3. The number of aromatic nitrogens is 4. The van der Waals surface area contributed by atoms with Gasteiger partial charge in [-0.25, -0.2) is 4.98 Å². The van der Waals surface area contributed by atoms with E-state index in [2.05, 4.69) is 156 Å². The third kappa shape index (κ3) is 4.42. The van der Waals surface area contributed by atoms with Crippen molar-refractivity contribution in [1.29, 1.82) is 0 Å². The second-order valence-corrected chi connectivity index (χ2v) is 14.7. The van der Waals surface area contributed by atoms with Gasteiger partial charge >= 0.3 is 0 Å². The van der Waals surface area contributed by atoms with Crippen LogP contribution in [0.3, 0.4) is 0 Å². The molecule has 3 heterocycles. The molecule has 11 aromatic rings. The zero-order chi connectivity index (χ0) is 37.5. The van der Waals surface area contributed by atoms with Gasteiger partial charge in [0.25, 0.3) is 0 Å². The van der Waals surface area contributed by atoms with Crippen molar-refractivity contribution in [2.75, 3.05) is 0 Å². The first-order valence-electron chi connectivity index (χ1n) is 19.3. The van der Waals surface area contributed by atoms with Gasteiger partial charge in [0.2, 0.25) is 5.95 Å². The van der Waals surface area contributed by atoms with Gasteiger partial charge in [-0.2, -0.15) is 9.97 Å². The van der Waals surface area contributed by atoms with Crippen LogP contribution in [0.5, 0.6) is 0 Å². The quantitative estimate of drug-likeness (QED) is 0.177. The number of para-hydroxylation sites is 2. The largest absolute Gasteiger partial charge is 0.455 e. The number of hydrogen-bond acceptors (Lipinski definition) is 4. The van der Waals surface area contributed by atoms with Crippen molar-refractivity contribution in [2.24, 2.45) is 0 Å². The molecule has 8 aromatic carbocycles. The maximum absolute atomic E-state index is 7.13. The van der Waals surface area contributed by atoms with E-state index in [0.29, 0.717) is 17.6 Å². The minimum Gasteiger partial charge on any atom is -0.455 e. The molecule has 0 N–H and O–H groups in total. The SMILES string of the molecule is c1ccc(-c2nc(-c3ccccc3)nc(-n3c4ccccc4c4c5c(c6oc7ccccc7c6c43)-c3ccccc3C5(c3ccccc3)c3ccccc3)n2)cc1. The van der Waals surface area contributed by atoms with Crippen LogP contribution < -0.4 is 0 Å². The van der Waals surface area contributed by atoms with E-state index in [1.165, 1.54) is 27.8 Å². The summed E-state index contributed by atoms with van der Waals surface area (Å²) in [5, 5.41) is 4.33. The second kappa shape index (κ2) is 12.2. The predicted octanol–water partition coefficient (Wildman–Crippen LogP) is 12.6. The molecule has 0 amide bonds. The van der Waals surface area contributed by atoms with Crippen molar-refractivity contribution in [2.45, 2.75) is 5.41 Å². The highest BCUT2D eigenvalue weighted by Crippen LogP contribution is 2.62. The lowest BCUT2D eigenvalue weighted by Gasteiger charge is -2.34. The Labute approximate surface area is 328 Å². The van der Waals surface area contributed by atoms with Crippen molar-refractivity contribution in [1.82, 2.24) is 19.5 Å². The van der Waals surface area contributed by atoms with Gasteiger partial charge in [-0.1, -0.05) is 182 Å². The smallest absolute Gasteiger partial charge is 0.238 e. The van der Waals surface area contributed by atoms with E-state index in [4.69, 9.17) is 19.4 Å². The summed E-state index contributed by atoms with van der Waals surface area (Å²) in [4.78, 5) is 15.8. The highest BCUT2D eigenvalue weighted by Gasteiger charge is 2.49. The standard InChI is InChI=1S/C52H32N4O/c1-5-19-33(20-6-1)49-53-50(34-21-7-2-8-22-34)55-51(54-49)56-41-31-17-14-28-38(41)43-46-44(48-45(47(43)56)39-29-15-18-32-42(39)57-48)37-27-13-16-30-40(37)52(46,35-23-9-3-10-24-35)36-25-11-4-12-26-36/h1-32H. The van der Waals surface area contributed by atoms with Crippen LogP contribution in [-0.4, -0.2) is 19.5 Å². The van der Waals surface area contributed by atoms with Crippen LogP contribution in [0, 0.1) is 0 Å². The number of benzene rings is 8. The maximum atomic E-state index is 7.13. The van der Waals surface area contributed by atoms with Gasteiger partial charge in [-0.05, 0) is 39.9 Å². The van der Waals surface area contributed by atoms with Gasteiger partial charge < -0.3 is 4.42 Å². The molecule has 0 spiro atoms. The second-order valence-electron chi connectivity index (χ2n) is 14.7. The highest BCUT2D eigenvalue weighted by atomic mass is 16.3. The van der Waals surface area contributed by atoms with E-state index in [1.54, 1.807) is 0 Å². The third-order valence-electron chi connectivity index (χ3n) is 11.7. The van der Waals surface area contributed by atoms with Gasteiger partial charge in [0, 0.05) is 32.8 Å². The predicted molar refractivity (Wildman–Crippen MR) is 230 cm³/mol. The normalized spacial score (nSPS) is 13.1. The first-order valence-corrected chi connectivity index (χ1v) is 19.3. The van der Waals surface area contributed by atoms with Gasteiger partial charge in [-0.15, -0.1) is 0 Å². The van der Waals surface area contributed by atoms with Crippen LogP contribution in [-0.2, 0) is 5.41 Å². The summed E-state index contributed by atoms with van der Waals surface area (Å²) in [6, 6.07) is 68.3. The summed E-state index contributed by atoms with van der Waals surface area (Å²) >= 11 is 0. The summed E-state index contributed by atoms with van der Waals surface area (Å²) in [6.45, 7) is 0. The van der Waals surface area contributed by atoms with Gasteiger partial charge in [0.05, 0.1) is 21.8 Å². The molecule has 0 saturated heterocycles. The van der Waals surface area contributed by atoms with E-state index in [-0.39, 0.29) is 0 Å². The Morgan fingerprint density at radius 2 is 0.982 bits per heavy atom. The number of fused-ring (bicyclic) bond motifs is 12. The zero-order valence-electron chi connectivity index (χ0n) is 30.7. The molecule has 5 nitrogen and oxygen atoms in total. The summed E-state index contributed by atoms with van der Waals surface area (Å²) in [5.74, 6) is 1.76. The molecule has 1 aliphatic carbocycles. The van der Waals surface area contributed by atoms with Crippen LogP contribution in [0.4, 0.5) is 0 Å². The summed E-state index contributed by atoms with van der Waals surface area (Å²) in [5.41, 5.74) is 11.9. The fourth-order valence-corrected chi connectivity index (χ4v) is 9.47. The Kier molecular flexibility index (Phi) is 6.78. The minimum atomic E-state index is -0.682. The molecule has 0 bridgehead atoms. The average Bonchev–Trinajstić information content (AvgIpc) is 3.94. The first kappa shape index (κ1) is 31.7. The number of hydrogen-bond donors (Lipinski definition) is 0. The van der Waals surface area contributed by atoms with Gasteiger partial charge in [-0.3, -0.25) is 4.57 Å². The Hall–Kier alpha value is -7.63. The Morgan fingerprint density at radius 3 is 1.63 bits per heavy atom. The molecule has 0 saturated carbocycles. The van der Waals surface area contributed by atoms with Crippen LogP contribution in [0.2, 0.25) is 0 Å². The van der Waals surface area contributed by atoms with E-state index in [1.807, 2.05) is 42.5 Å². The summed E-state index contributed by atoms with van der Waals surface area (Å²) < 4.78 is 9.40. The summed E-state index contributed by atoms with van der Waals surface area (Å²) in [7, 11) is 0. The van der Waals surface area contributed by atoms with Crippen LogP contribution >= 0.6 is 0 Å². The molecule has 3 aromatic heterocycles. The third-order valence-corrected chi connectivity index (χ3v) is 11.7. The maximum Gasteiger partial charge on any atom is 0.238 e. The van der Waals surface area contributed by atoms with Crippen LogP contribution in [0.15, 0.2) is 199 Å². The number of rotatable bonds is 5. The van der Waals surface area contributed by atoms with Crippen molar-refractivity contribution in [3.8, 4) is 39.9 Å². The molecular formula is C52H32N4O. The lowest BCUT2D eigenvalue weighted by Crippen LogP contribution is -2.28. The monoisotopic (exact) mass is 728 g/mol. The van der Waals surface area contributed by atoms with E-state index >= 15 is 0 Å². The molecule has 12 rings (SSSR count).